The summed E-state index contributed by atoms with van der Waals surface area (Å²) in [6.07, 6.45) is 9.37. The van der Waals surface area contributed by atoms with Crippen molar-refractivity contribution in [2.75, 3.05) is 0 Å². The summed E-state index contributed by atoms with van der Waals surface area (Å²) in [5.74, 6) is 0.739. The Morgan fingerprint density at radius 3 is 2.75 bits per heavy atom. The van der Waals surface area contributed by atoms with Gasteiger partial charge in [-0.1, -0.05) is 37.5 Å². The van der Waals surface area contributed by atoms with E-state index < -0.39 is 0 Å². The Hall–Kier alpha value is -2.10. The number of carbonyl (C=O) groups is 1. The molecule has 3 rings (SSSR count). The Labute approximate surface area is 118 Å². The van der Waals surface area contributed by atoms with Gasteiger partial charge in [-0.25, -0.2) is 4.98 Å². The number of aromatic amines is 1. The molecule has 1 aromatic carbocycles. The molecule has 1 aliphatic rings. The van der Waals surface area contributed by atoms with Crippen LogP contribution in [0.3, 0.4) is 0 Å². The SMILES string of the molecule is O=C(NC1CCCCC1)c1ccccc1-c1ncc[nH]1. The number of nitrogens with one attached hydrogen (secondary N) is 2. The van der Waals surface area contributed by atoms with Crippen LogP contribution in [0.15, 0.2) is 36.7 Å². The topological polar surface area (TPSA) is 57.8 Å². The third-order valence-electron chi connectivity index (χ3n) is 3.87. The van der Waals surface area contributed by atoms with E-state index in [0.29, 0.717) is 11.6 Å². The first-order chi connectivity index (χ1) is 9.84. The van der Waals surface area contributed by atoms with Crippen molar-refractivity contribution in [1.82, 2.24) is 15.3 Å². The van der Waals surface area contributed by atoms with Crippen LogP contribution in [-0.4, -0.2) is 21.9 Å². The number of carbonyl (C=O) groups excluding carboxylic acids is 1. The second kappa shape index (κ2) is 5.90. The van der Waals surface area contributed by atoms with Gasteiger partial charge < -0.3 is 10.3 Å². The van der Waals surface area contributed by atoms with Crippen molar-refractivity contribution in [3.63, 3.8) is 0 Å². The van der Waals surface area contributed by atoms with Gasteiger partial charge in [0, 0.05) is 24.0 Å². The van der Waals surface area contributed by atoms with Crippen molar-refractivity contribution in [2.45, 2.75) is 38.1 Å². The van der Waals surface area contributed by atoms with Gasteiger partial charge >= 0.3 is 0 Å². The molecule has 0 bridgehead atoms. The molecule has 1 fully saturated rings. The molecular weight excluding hydrogens is 250 g/mol. The highest BCUT2D eigenvalue weighted by Gasteiger charge is 2.19. The number of rotatable bonds is 3. The predicted octanol–water partition coefficient (Wildman–Crippen LogP) is 3.14. The van der Waals surface area contributed by atoms with Crippen LogP contribution in [0.5, 0.6) is 0 Å². The maximum atomic E-state index is 12.5. The van der Waals surface area contributed by atoms with Crippen molar-refractivity contribution in [3.8, 4) is 11.4 Å². The van der Waals surface area contributed by atoms with Gasteiger partial charge in [-0.3, -0.25) is 4.79 Å². The highest BCUT2D eigenvalue weighted by Crippen LogP contribution is 2.22. The van der Waals surface area contributed by atoms with Gasteiger partial charge in [-0.2, -0.15) is 0 Å². The maximum Gasteiger partial charge on any atom is 0.252 e. The molecule has 1 saturated carbocycles. The van der Waals surface area contributed by atoms with E-state index in [2.05, 4.69) is 15.3 Å². The fourth-order valence-corrected chi connectivity index (χ4v) is 2.81. The largest absolute Gasteiger partial charge is 0.349 e. The molecular formula is C16H19N3O. The summed E-state index contributed by atoms with van der Waals surface area (Å²) in [6, 6.07) is 7.92. The van der Waals surface area contributed by atoms with E-state index in [4.69, 9.17) is 0 Å². The molecule has 0 spiro atoms. The zero-order valence-electron chi connectivity index (χ0n) is 11.4. The molecule has 4 nitrogen and oxygen atoms in total. The third-order valence-corrected chi connectivity index (χ3v) is 3.87. The van der Waals surface area contributed by atoms with Crippen LogP contribution in [0.25, 0.3) is 11.4 Å². The van der Waals surface area contributed by atoms with Gasteiger partial charge in [0.25, 0.3) is 5.91 Å². The van der Waals surface area contributed by atoms with Gasteiger partial charge in [0.1, 0.15) is 5.82 Å². The Morgan fingerprint density at radius 2 is 2.00 bits per heavy atom. The van der Waals surface area contributed by atoms with Crippen LogP contribution in [0.4, 0.5) is 0 Å². The van der Waals surface area contributed by atoms with Gasteiger partial charge in [-0.05, 0) is 18.9 Å². The van der Waals surface area contributed by atoms with Gasteiger partial charge in [-0.15, -0.1) is 0 Å². The van der Waals surface area contributed by atoms with Crippen molar-refractivity contribution >= 4 is 5.91 Å². The molecule has 2 aromatic rings. The number of aromatic nitrogens is 2. The first-order valence-electron chi connectivity index (χ1n) is 7.24. The van der Waals surface area contributed by atoms with E-state index in [9.17, 15) is 4.79 Å². The molecule has 104 valence electrons. The van der Waals surface area contributed by atoms with Gasteiger partial charge in [0.05, 0.1) is 5.56 Å². The number of H-pyrrole nitrogens is 1. The minimum absolute atomic E-state index is 0.00361. The fraction of sp³-hybridized carbons (Fsp3) is 0.375. The molecule has 0 aliphatic heterocycles. The Bertz CT molecular complexity index is 571. The lowest BCUT2D eigenvalue weighted by atomic mass is 9.95. The highest BCUT2D eigenvalue weighted by atomic mass is 16.1. The number of hydrogen-bond donors (Lipinski definition) is 2. The summed E-state index contributed by atoms with van der Waals surface area (Å²) in [4.78, 5) is 19.8. The summed E-state index contributed by atoms with van der Waals surface area (Å²) in [6.45, 7) is 0. The monoisotopic (exact) mass is 269 g/mol. The zero-order valence-corrected chi connectivity index (χ0v) is 11.4. The lowest BCUT2D eigenvalue weighted by molar-refractivity contribution is 0.0928. The average molecular weight is 269 g/mol. The molecule has 0 unspecified atom stereocenters. The lowest BCUT2D eigenvalue weighted by Crippen LogP contribution is -2.36. The van der Waals surface area contributed by atoms with E-state index in [0.717, 1.165) is 24.2 Å². The van der Waals surface area contributed by atoms with Crippen molar-refractivity contribution in [2.24, 2.45) is 0 Å². The first kappa shape index (κ1) is 12.9. The summed E-state index contributed by atoms with van der Waals surface area (Å²) >= 11 is 0. The van der Waals surface area contributed by atoms with Gasteiger partial charge in [0.15, 0.2) is 0 Å². The van der Waals surface area contributed by atoms with E-state index in [1.54, 1.807) is 12.4 Å². The number of imidazole rings is 1. The van der Waals surface area contributed by atoms with Crippen LogP contribution < -0.4 is 5.32 Å². The van der Waals surface area contributed by atoms with E-state index in [1.165, 1.54) is 19.3 Å². The summed E-state index contributed by atoms with van der Waals surface area (Å²) in [5, 5.41) is 3.16. The Balaban J connectivity index is 1.81. The minimum atomic E-state index is 0.00361. The number of nitrogens with zero attached hydrogens (tertiary/aromatic N) is 1. The molecule has 0 atom stereocenters. The maximum absolute atomic E-state index is 12.5. The number of amides is 1. The number of hydrogen-bond acceptors (Lipinski definition) is 2. The lowest BCUT2D eigenvalue weighted by Gasteiger charge is -2.23. The van der Waals surface area contributed by atoms with E-state index >= 15 is 0 Å². The molecule has 4 heteroatoms. The zero-order chi connectivity index (χ0) is 13.8. The molecule has 0 saturated heterocycles. The molecule has 1 aliphatic carbocycles. The van der Waals surface area contributed by atoms with Crippen molar-refractivity contribution in [3.05, 3.63) is 42.2 Å². The molecule has 2 N–H and O–H groups in total. The summed E-state index contributed by atoms with van der Waals surface area (Å²) in [7, 11) is 0. The van der Waals surface area contributed by atoms with Crippen LogP contribution in [0.1, 0.15) is 42.5 Å². The Kier molecular flexibility index (Phi) is 3.81. The third kappa shape index (κ3) is 2.74. The van der Waals surface area contributed by atoms with Crippen LogP contribution in [-0.2, 0) is 0 Å². The molecule has 20 heavy (non-hydrogen) atoms. The van der Waals surface area contributed by atoms with Crippen LogP contribution >= 0.6 is 0 Å². The fourth-order valence-electron chi connectivity index (χ4n) is 2.81. The predicted molar refractivity (Wildman–Crippen MR) is 78.4 cm³/mol. The normalized spacial score (nSPS) is 16.0. The standard InChI is InChI=1S/C16H19N3O/c20-16(19-12-6-2-1-3-7-12)14-9-5-4-8-13(14)15-17-10-11-18-15/h4-5,8-12H,1-3,6-7H2,(H,17,18)(H,19,20). The summed E-state index contributed by atoms with van der Waals surface area (Å²) < 4.78 is 0. The number of benzene rings is 1. The molecule has 0 radical (unpaired) electrons. The molecule has 1 aromatic heterocycles. The first-order valence-corrected chi connectivity index (χ1v) is 7.24. The Morgan fingerprint density at radius 1 is 1.20 bits per heavy atom. The second-order valence-electron chi connectivity index (χ2n) is 5.29. The smallest absolute Gasteiger partial charge is 0.252 e. The highest BCUT2D eigenvalue weighted by molar-refractivity contribution is 6.00. The molecule has 1 heterocycles. The van der Waals surface area contributed by atoms with Gasteiger partial charge in [0.2, 0.25) is 0 Å². The average Bonchev–Trinajstić information content (AvgIpc) is 3.02. The summed E-state index contributed by atoms with van der Waals surface area (Å²) in [5.41, 5.74) is 1.54. The van der Waals surface area contributed by atoms with Crippen molar-refractivity contribution in [1.29, 1.82) is 0 Å². The molecule has 1 amide bonds. The van der Waals surface area contributed by atoms with Crippen LogP contribution in [0.2, 0.25) is 0 Å². The minimum Gasteiger partial charge on any atom is -0.349 e. The van der Waals surface area contributed by atoms with E-state index in [-0.39, 0.29) is 5.91 Å². The van der Waals surface area contributed by atoms with Crippen LogP contribution in [0, 0.1) is 0 Å². The van der Waals surface area contributed by atoms with E-state index in [1.807, 2.05) is 24.3 Å². The van der Waals surface area contributed by atoms with Crippen molar-refractivity contribution < 1.29 is 4.79 Å². The quantitative estimate of drug-likeness (QED) is 0.899. The second-order valence-corrected chi connectivity index (χ2v) is 5.29.